The molecule has 84 valence electrons. The fourth-order valence-electron chi connectivity index (χ4n) is 1.34. The van der Waals surface area contributed by atoms with Gasteiger partial charge in [0.25, 0.3) is 5.95 Å². The van der Waals surface area contributed by atoms with Crippen LogP contribution >= 0.6 is 0 Å². The van der Waals surface area contributed by atoms with Gasteiger partial charge < -0.3 is 4.57 Å². The van der Waals surface area contributed by atoms with E-state index in [4.69, 9.17) is 0 Å². The lowest BCUT2D eigenvalue weighted by molar-refractivity contribution is -0.116. The highest BCUT2D eigenvalue weighted by atomic mass is 16.1. The van der Waals surface area contributed by atoms with Crippen LogP contribution in [0.25, 0.3) is 0 Å². The second-order valence-corrected chi connectivity index (χ2v) is 3.31. The van der Waals surface area contributed by atoms with Crippen LogP contribution in [-0.2, 0) is 11.3 Å². The zero-order valence-electron chi connectivity index (χ0n) is 8.63. The fraction of sp³-hybridized carbons (Fsp3) is 0.333. The Labute approximate surface area is 91.9 Å². The maximum absolute atomic E-state index is 11.4. The molecule has 7 heteroatoms. The Bertz CT molecular complexity index is 421. The minimum absolute atomic E-state index is 0.103. The smallest absolute Gasteiger partial charge is 0.269 e. The average molecular weight is 220 g/mol. The Morgan fingerprint density at radius 3 is 2.94 bits per heavy atom. The molecule has 0 saturated heterocycles. The number of nitrogens with one attached hydrogen (secondary N) is 2. The number of aromatic nitrogens is 5. The van der Waals surface area contributed by atoms with E-state index in [1.165, 1.54) is 0 Å². The Morgan fingerprint density at radius 2 is 2.25 bits per heavy atom. The third-order valence-electron chi connectivity index (χ3n) is 2.08. The van der Waals surface area contributed by atoms with Crippen LogP contribution in [0, 0.1) is 0 Å². The van der Waals surface area contributed by atoms with E-state index in [1.54, 1.807) is 0 Å². The van der Waals surface area contributed by atoms with Gasteiger partial charge in [0.05, 0.1) is 0 Å². The highest BCUT2D eigenvalue weighted by Crippen LogP contribution is 1.99. The molecular weight excluding hydrogens is 208 g/mol. The van der Waals surface area contributed by atoms with Gasteiger partial charge in [-0.15, -0.1) is 5.10 Å². The zero-order valence-corrected chi connectivity index (χ0v) is 8.63. The molecule has 2 aromatic heterocycles. The van der Waals surface area contributed by atoms with Crippen LogP contribution in [0.15, 0.2) is 24.5 Å². The average Bonchev–Trinajstić information content (AvgIpc) is 2.90. The number of amides is 1. The number of aryl methyl sites for hydroxylation is 1. The summed E-state index contributed by atoms with van der Waals surface area (Å²) in [6.07, 6.45) is 5.15. The fourth-order valence-corrected chi connectivity index (χ4v) is 1.34. The molecule has 2 heterocycles. The molecule has 1 amide bonds. The lowest BCUT2D eigenvalue weighted by atomic mass is 10.3. The highest BCUT2D eigenvalue weighted by molar-refractivity contribution is 5.88. The van der Waals surface area contributed by atoms with Gasteiger partial charge in [0.1, 0.15) is 0 Å². The van der Waals surface area contributed by atoms with Gasteiger partial charge in [0.15, 0.2) is 0 Å². The SMILES string of the molecule is O=C(CCCn1cccc1)Nc1nn[nH]n1. The van der Waals surface area contributed by atoms with Crippen molar-refractivity contribution in [1.29, 1.82) is 0 Å². The maximum Gasteiger partial charge on any atom is 0.269 e. The number of tetrazole rings is 1. The normalized spacial score (nSPS) is 10.2. The van der Waals surface area contributed by atoms with Gasteiger partial charge in [-0.3, -0.25) is 10.1 Å². The first-order chi connectivity index (χ1) is 7.84. The molecular formula is C9H12N6O. The van der Waals surface area contributed by atoms with Gasteiger partial charge in [-0.05, 0) is 23.8 Å². The topological polar surface area (TPSA) is 88.5 Å². The van der Waals surface area contributed by atoms with Crippen molar-refractivity contribution in [1.82, 2.24) is 25.2 Å². The van der Waals surface area contributed by atoms with Crippen LogP contribution in [0.2, 0.25) is 0 Å². The van der Waals surface area contributed by atoms with E-state index in [1.807, 2.05) is 29.1 Å². The molecule has 0 fully saturated rings. The summed E-state index contributed by atoms with van der Waals surface area (Å²) in [5, 5.41) is 15.4. The molecule has 7 nitrogen and oxygen atoms in total. The number of hydrogen-bond donors (Lipinski definition) is 2. The van der Waals surface area contributed by atoms with Crippen LogP contribution in [0.5, 0.6) is 0 Å². The summed E-state index contributed by atoms with van der Waals surface area (Å²) in [5.74, 6) is 0.111. The van der Waals surface area contributed by atoms with Gasteiger partial charge in [0, 0.05) is 25.4 Å². The number of anilines is 1. The molecule has 2 rings (SSSR count). The summed E-state index contributed by atoms with van der Waals surface area (Å²) in [4.78, 5) is 11.4. The van der Waals surface area contributed by atoms with E-state index in [9.17, 15) is 4.79 Å². The van der Waals surface area contributed by atoms with Crippen LogP contribution in [0.3, 0.4) is 0 Å². The summed E-state index contributed by atoms with van der Waals surface area (Å²) >= 11 is 0. The first kappa shape index (κ1) is 10.3. The second kappa shape index (κ2) is 5.06. The van der Waals surface area contributed by atoms with Crippen molar-refractivity contribution in [2.24, 2.45) is 0 Å². The summed E-state index contributed by atoms with van der Waals surface area (Å²) in [6, 6.07) is 3.92. The quantitative estimate of drug-likeness (QED) is 0.764. The second-order valence-electron chi connectivity index (χ2n) is 3.31. The van der Waals surface area contributed by atoms with Gasteiger partial charge in [-0.2, -0.15) is 5.21 Å². The summed E-state index contributed by atoms with van der Waals surface area (Å²) < 4.78 is 2.03. The van der Waals surface area contributed by atoms with Crippen molar-refractivity contribution >= 4 is 11.9 Å². The molecule has 16 heavy (non-hydrogen) atoms. The number of nitrogens with zero attached hydrogens (tertiary/aromatic N) is 4. The standard InChI is InChI=1S/C9H12N6O/c16-8(10-9-11-13-14-12-9)4-3-7-15-5-1-2-6-15/h1-2,5-6H,3-4,7H2,(H2,10,11,12,13,14,16). The van der Waals surface area contributed by atoms with Gasteiger partial charge in [-0.25, -0.2) is 0 Å². The molecule has 0 aliphatic carbocycles. The van der Waals surface area contributed by atoms with Crippen molar-refractivity contribution in [2.45, 2.75) is 19.4 Å². The van der Waals surface area contributed by atoms with E-state index in [0.29, 0.717) is 6.42 Å². The number of aromatic amines is 1. The van der Waals surface area contributed by atoms with Gasteiger partial charge in [0.2, 0.25) is 5.91 Å². The minimum atomic E-state index is -0.103. The number of carbonyl (C=O) groups is 1. The minimum Gasteiger partial charge on any atom is -0.354 e. The van der Waals surface area contributed by atoms with Crippen LogP contribution in [-0.4, -0.2) is 31.1 Å². The van der Waals surface area contributed by atoms with Crippen LogP contribution < -0.4 is 5.32 Å². The molecule has 0 aliphatic heterocycles. The predicted molar refractivity (Wildman–Crippen MR) is 56.5 cm³/mol. The Balaban J connectivity index is 1.68. The number of hydrogen-bond acceptors (Lipinski definition) is 4. The van der Waals surface area contributed by atoms with E-state index < -0.39 is 0 Å². The molecule has 0 aliphatic rings. The van der Waals surface area contributed by atoms with E-state index in [2.05, 4.69) is 25.9 Å². The van der Waals surface area contributed by atoms with Gasteiger partial charge in [-0.1, -0.05) is 5.10 Å². The highest BCUT2D eigenvalue weighted by Gasteiger charge is 2.04. The molecule has 0 unspecified atom stereocenters. The predicted octanol–water partition coefficient (Wildman–Crippen LogP) is 0.420. The molecule has 0 bridgehead atoms. The van der Waals surface area contributed by atoms with Crippen molar-refractivity contribution in [3.63, 3.8) is 0 Å². The zero-order chi connectivity index (χ0) is 11.2. The molecule has 2 aromatic rings. The molecule has 0 spiro atoms. The molecule has 2 N–H and O–H groups in total. The molecule has 0 saturated carbocycles. The van der Waals surface area contributed by atoms with Crippen molar-refractivity contribution in [2.75, 3.05) is 5.32 Å². The van der Waals surface area contributed by atoms with E-state index in [-0.39, 0.29) is 11.9 Å². The lowest BCUT2D eigenvalue weighted by Gasteiger charge is -2.02. The molecule has 0 atom stereocenters. The van der Waals surface area contributed by atoms with Crippen molar-refractivity contribution in [3.05, 3.63) is 24.5 Å². The summed E-state index contributed by atoms with van der Waals surface area (Å²) in [6.45, 7) is 0.826. The van der Waals surface area contributed by atoms with Crippen molar-refractivity contribution < 1.29 is 4.79 Å². The van der Waals surface area contributed by atoms with Gasteiger partial charge >= 0.3 is 0 Å². The van der Waals surface area contributed by atoms with E-state index in [0.717, 1.165) is 13.0 Å². The summed E-state index contributed by atoms with van der Waals surface area (Å²) in [5.41, 5.74) is 0. The maximum atomic E-state index is 11.4. The number of rotatable bonds is 5. The summed E-state index contributed by atoms with van der Waals surface area (Å²) in [7, 11) is 0. The number of H-pyrrole nitrogens is 1. The number of carbonyl (C=O) groups excluding carboxylic acids is 1. The third kappa shape index (κ3) is 2.91. The third-order valence-corrected chi connectivity index (χ3v) is 2.08. The first-order valence-corrected chi connectivity index (χ1v) is 4.98. The Morgan fingerprint density at radius 1 is 1.44 bits per heavy atom. The largest absolute Gasteiger partial charge is 0.354 e. The molecule has 0 radical (unpaired) electrons. The Hall–Kier alpha value is -2.18. The van der Waals surface area contributed by atoms with Crippen LogP contribution in [0.4, 0.5) is 5.95 Å². The first-order valence-electron chi connectivity index (χ1n) is 4.98. The lowest BCUT2D eigenvalue weighted by Crippen LogP contribution is -2.13. The molecule has 0 aromatic carbocycles. The van der Waals surface area contributed by atoms with E-state index >= 15 is 0 Å². The monoisotopic (exact) mass is 220 g/mol. The van der Waals surface area contributed by atoms with Crippen molar-refractivity contribution in [3.8, 4) is 0 Å². The Kier molecular flexibility index (Phi) is 3.27. The van der Waals surface area contributed by atoms with Crippen LogP contribution in [0.1, 0.15) is 12.8 Å².